The van der Waals surface area contributed by atoms with E-state index in [2.05, 4.69) is 0 Å². The highest BCUT2D eigenvalue weighted by atomic mass is 35.5. The molecule has 11 heavy (non-hydrogen) atoms. The molecule has 0 aromatic heterocycles. The summed E-state index contributed by atoms with van der Waals surface area (Å²) < 4.78 is 0. The molecule has 60 valence electrons. The van der Waals surface area contributed by atoms with Gasteiger partial charge >= 0.3 is 0 Å². The second-order valence-electron chi connectivity index (χ2n) is 2.49. The second-order valence-corrected chi connectivity index (χ2v) is 2.93. The SMILES string of the molecule is Cc1cc(Cl)cc(N)c1CN. The zero-order valence-electron chi connectivity index (χ0n) is 6.39. The van der Waals surface area contributed by atoms with Gasteiger partial charge < -0.3 is 11.5 Å². The second kappa shape index (κ2) is 3.11. The minimum Gasteiger partial charge on any atom is -0.398 e. The first-order valence-electron chi connectivity index (χ1n) is 3.39. The van der Waals surface area contributed by atoms with Crippen LogP contribution in [-0.4, -0.2) is 0 Å². The van der Waals surface area contributed by atoms with Crippen LogP contribution in [0.2, 0.25) is 5.02 Å². The van der Waals surface area contributed by atoms with Gasteiger partial charge in [-0.1, -0.05) is 11.6 Å². The van der Waals surface area contributed by atoms with Gasteiger partial charge in [0.1, 0.15) is 0 Å². The lowest BCUT2D eigenvalue weighted by atomic mass is 10.1. The number of halogens is 1. The van der Waals surface area contributed by atoms with Gasteiger partial charge in [-0.3, -0.25) is 0 Å². The largest absolute Gasteiger partial charge is 0.398 e. The number of nitrogen functional groups attached to an aromatic ring is 1. The highest BCUT2D eigenvalue weighted by molar-refractivity contribution is 6.31. The monoisotopic (exact) mass is 170 g/mol. The third-order valence-electron chi connectivity index (χ3n) is 1.68. The number of hydrogen-bond acceptors (Lipinski definition) is 2. The summed E-state index contributed by atoms with van der Waals surface area (Å²) in [6.45, 7) is 2.42. The highest BCUT2D eigenvalue weighted by Gasteiger charge is 2.01. The molecule has 1 rings (SSSR count). The standard InChI is InChI=1S/C8H11ClN2/c1-5-2-6(9)3-8(11)7(5)4-10/h2-3H,4,10-11H2,1H3. The number of benzene rings is 1. The molecule has 0 heterocycles. The van der Waals surface area contributed by atoms with Gasteiger partial charge in [-0.2, -0.15) is 0 Å². The van der Waals surface area contributed by atoms with Gasteiger partial charge in [-0.05, 0) is 30.2 Å². The molecule has 0 spiro atoms. The Morgan fingerprint density at radius 1 is 1.45 bits per heavy atom. The van der Waals surface area contributed by atoms with E-state index in [9.17, 15) is 0 Å². The Kier molecular flexibility index (Phi) is 2.37. The van der Waals surface area contributed by atoms with Gasteiger partial charge in [0.05, 0.1) is 0 Å². The normalized spacial score (nSPS) is 10.1. The average molecular weight is 171 g/mol. The van der Waals surface area contributed by atoms with Crippen LogP contribution in [0.4, 0.5) is 5.69 Å². The number of rotatable bonds is 1. The quantitative estimate of drug-likeness (QED) is 0.631. The Balaban J connectivity index is 3.25. The average Bonchev–Trinajstić information content (AvgIpc) is 1.85. The molecule has 0 aliphatic heterocycles. The van der Waals surface area contributed by atoms with Gasteiger partial charge in [0.15, 0.2) is 0 Å². The summed E-state index contributed by atoms with van der Waals surface area (Å²) in [5, 5.41) is 0.664. The Morgan fingerprint density at radius 3 is 2.55 bits per heavy atom. The first-order chi connectivity index (χ1) is 5.15. The van der Waals surface area contributed by atoms with Crippen LogP contribution in [0.1, 0.15) is 11.1 Å². The van der Waals surface area contributed by atoms with Crippen LogP contribution in [0.15, 0.2) is 12.1 Å². The summed E-state index contributed by atoms with van der Waals surface area (Å²) in [4.78, 5) is 0. The Hall–Kier alpha value is -0.730. The summed E-state index contributed by atoms with van der Waals surface area (Å²) in [5.74, 6) is 0. The van der Waals surface area contributed by atoms with E-state index >= 15 is 0 Å². The van der Waals surface area contributed by atoms with E-state index in [1.807, 2.05) is 13.0 Å². The summed E-state index contributed by atoms with van der Waals surface area (Å²) in [7, 11) is 0. The number of anilines is 1. The fraction of sp³-hybridized carbons (Fsp3) is 0.250. The van der Waals surface area contributed by atoms with Crippen LogP contribution in [0.3, 0.4) is 0 Å². The molecule has 0 bridgehead atoms. The summed E-state index contributed by atoms with van der Waals surface area (Å²) in [6, 6.07) is 3.58. The van der Waals surface area contributed by atoms with Crippen molar-refractivity contribution < 1.29 is 0 Å². The summed E-state index contributed by atoms with van der Waals surface area (Å²) >= 11 is 5.76. The van der Waals surface area contributed by atoms with Crippen molar-refractivity contribution in [3.63, 3.8) is 0 Å². The molecule has 0 saturated carbocycles. The smallest absolute Gasteiger partial charge is 0.0429 e. The first kappa shape index (κ1) is 8.37. The van der Waals surface area contributed by atoms with Crippen LogP contribution in [-0.2, 0) is 6.54 Å². The molecule has 4 N–H and O–H groups in total. The number of hydrogen-bond donors (Lipinski definition) is 2. The van der Waals surface area contributed by atoms with Crippen LogP contribution in [0.25, 0.3) is 0 Å². The van der Waals surface area contributed by atoms with Gasteiger partial charge in [0.2, 0.25) is 0 Å². The molecule has 1 aromatic carbocycles. The van der Waals surface area contributed by atoms with Crippen LogP contribution in [0.5, 0.6) is 0 Å². The van der Waals surface area contributed by atoms with E-state index in [0.29, 0.717) is 17.3 Å². The molecular formula is C8H11ClN2. The predicted octanol–water partition coefficient (Wildman–Crippen LogP) is 1.69. The van der Waals surface area contributed by atoms with Crippen molar-refractivity contribution in [2.45, 2.75) is 13.5 Å². The van der Waals surface area contributed by atoms with Crippen molar-refractivity contribution in [2.24, 2.45) is 5.73 Å². The molecule has 0 atom stereocenters. The van der Waals surface area contributed by atoms with Crippen molar-refractivity contribution in [3.8, 4) is 0 Å². The zero-order chi connectivity index (χ0) is 8.43. The molecule has 0 radical (unpaired) electrons. The maximum atomic E-state index is 5.76. The highest BCUT2D eigenvalue weighted by Crippen LogP contribution is 2.21. The lowest BCUT2D eigenvalue weighted by molar-refractivity contribution is 1.05. The van der Waals surface area contributed by atoms with E-state index in [4.69, 9.17) is 23.1 Å². The van der Waals surface area contributed by atoms with Gasteiger partial charge in [0.25, 0.3) is 0 Å². The number of aryl methyl sites for hydroxylation is 1. The third kappa shape index (κ3) is 1.64. The fourth-order valence-corrected chi connectivity index (χ4v) is 1.36. The molecule has 0 aliphatic rings. The molecule has 0 aliphatic carbocycles. The summed E-state index contributed by atoms with van der Waals surface area (Å²) in [6.07, 6.45) is 0. The molecule has 0 fully saturated rings. The molecule has 0 saturated heterocycles. The van der Waals surface area contributed by atoms with E-state index in [-0.39, 0.29) is 0 Å². The Morgan fingerprint density at radius 2 is 2.09 bits per heavy atom. The number of nitrogens with two attached hydrogens (primary N) is 2. The Bertz CT molecular complexity index is 248. The minimum absolute atomic E-state index is 0.467. The van der Waals surface area contributed by atoms with Crippen molar-refractivity contribution >= 4 is 17.3 Å². The maximum Gasteiger partial charge on any atom is 0.0429 e. The first-order valence-corrected chi connectivity index (χ1v) is 3.77. The zero-order valence-corrected chi connectivity index (χ0v) is 7.15. The van der Waals surface area contributed by atoms with Crippen molar-refractivity contribution in [2.75, 3.05) is 5.73 Å². The summed E-state index contributed by atoms with van der Waals surface area (Å²) in [5.41, 5.74) is 13.9. The van der Waals surface area contributed by atoms with Gasteiger partial charge in [-0.15, -0.1) is 0 Å². The predicted molar refractivity (Wildman–Crippen MR) is 48.5 cm³/mol. The lowest BCUT2D eigenvalue weighted by Crippen LogP contribution is -2.03. The van der Waals surface area contributed by atoms with E-state index in [1.165, 1.54) is 0 Å². The van der Waals surface area contributed by atoms with Gasteiger partial charge in [-0.25, -0.2) is 0 Å². The van der Waals surface area contributed by atoms with E-state index in [0.717, 1.165) is 11.1 Å². The van der Waals surface area contributed by atoms with Crippen LogP contribution >= 0.6 is 11.6 Å². The molecule has 1 aromatic rings. The molecular weight excluding hydrogens is 160 g/mol. The molecule has 0 amide bonds. The van der Waals surface area contributed by atoms with Crippen molar-refractivity contribution in [3.05, 3.63) is 28.3 Å². The lowest BCUT2D eigenvalue weighted by Gasteiger charge is -2.06. The molecule has 3 heteroatoms. The van der Waals surface area contributed by atoms with E-state index in [1.54, 1.807) is 6.07 Å². The fourth-order valence-electron chi connectivity index (χ4n) is 1.08. The van der Waals surface area contributed by atoms with Crippen LogP contribution < -0.4 is 11.5 Å². The topological polar surface area (TPSA) is 52.0 Å². The maximum absolute atomic E-state index is 5.76. The minimum atomic E-state index is 0.467. The van der Waals surface area contributed by atoms with E-state index < -0.39 is 0 Å². The van der Waals surface area contributed by atoms with Crippen molar-refractivity contribution in [1.82, 2.24) is 0 Å². The molecule has 2 nitrogen and oxygen atoms in total. The van der Waals surface area contributed by atoms with Crippen LogP contribution in [0, 0.1) is 6.92 Å². The van der Waals surface area contributed by atoms with Crippen molar-refractivity contribution in [1.29, 1.82) is 0 Å². The third-order valence-corrected chi connectivity index (χ3v) is 1.89. The Labute approximate surface area is 71.1 Å². The molecule has 0 unspecified atom stereocenters. The van der Waals surface area contributed by atoms with Gasteiger partial charge in [0, 0.05) is 17.3 Å².